The molecule has 0 atom stereocenters. The number of H-pyrrole nitrogens is 1. The Bertz CT molecular complexity index is 425. The molecule has 0 aliphatic carbocycles. The Kier molecular flexibility index (Phi) is 2.68. The molecule has 15 heavy (non-hydrogen) atoms. The second-order valence-corrected chi connectivity index (χ2v) is 2.89. The van der Waals surface area contributed by atoms with E-state index >= 15 is 0 Å². The summed E-state index contributed by atoms with van der Waals surface area (Å²) in [7, 11) is 0. The van der Waals surface area contributed by atoms with Crippen molar-refractivity contribution in [3.8, 4) is 0 Å². The van der Waals surface area contributed by atoms with Gasteiger partial charge in [0.15, 0.2) is 0 Å². The molecule has 0 aliphatic heterocycles. The van der Waals surface area contributed by atoms with Crippen LogP contribution in [0, 0.1) is 0 Å². The van der Waals surface area contributed by atoms with Gasteiger partial charge in [0.1, 0.15) is 6.33 Å². The first-order chi connectivity index (χ1) is 7.36. The minimum atomic E-state index is -0.204. The third kappa shape index (κ3) is 2.37. The molecule has 6 heteroatoms. The van der Waals surface area contributed by atoms with Crippen molar-refractivity contribution in [2.24, 2.45) is 0 Å². The SMILES string of the molecule is O=C(NCc1ccn[nH]1)c1cncnc1. The number of aromatic amines is 1. The van der Waals surface area contributed by atoms with E-state index in [4.69, 9.17) is 0 Å². The van der Waals surface area contributed by atoms with Gasteiger partial charge in [-0.15, -0.1) is 0 Å². The summed E-state index contributed by atoms with van der Waals surface area (Å²) in [4.78, 5) is 19.0. The van der Waals surface area contributed by atoms with E-state index in [9.17, 15) is 4.79 Å². The fourth-order valence-electron chi connectivity index (χ4n) is 1.08. The van der Waals surface area contributed by atoms with Crippen molar-refractivity contribution in [3.63, 3.8) is 0 Å². The Morgan fingerprint density at radius 1 is 1.40 bits per heavy atom. The third-order valence-electron chi connectivity index (χ3n) is 1.82. The molecule has 2 aromatic rings. The van der Waals surface area contributed by atoms with Crippen LogP contribution in [0.1, 0.15) is 16.1 Å². The highest BCUT2D eigenvalue weighted by Crippen LogP contribution is 1.95. The molecule has 0 radical (unpaired) electrons. The zero-order valence-electron chi connectivity index (χ0n) is 7.84. The normalized spacial score (nSPS) is 9.87. The molecule has 0 bridgehead atoms. The largest absolute Gasteiger partial charge is 0.346 e. The molecule has 0 saturated heterocycles. The van der Waals surface area contributed by atoms with Gasteiger partial charge in [-0.3, -0.25) is 9.89 Å². The lowest BCUT2D eigenvalue weighted by molar-refractivity contribution is 0.0949. The summed E-state index contributed by atoms with van der Waals surface area (Å²) < 4.78 is 0. The minimum Gasteiger partial charge on any atom is -0.346 e. The summed E-state index contributed by atoms with van der Waals surface area (Å²) >= 11 is 0. The topological polar surface area (TPSA) is 83.6 Å². The Balaban J connectivity index is 1.94. The number of amides is 1. The van der Waals surface area contributed by atoms with Gasteiger partial charge < -0.3 is 5.32 Å². The van der Waals surface area contributed by atoms with Crippen LogP contribution in [0.2, 0.25) is 0 Å². The van der Waals surface area contributed by atoms with Crippen molar-refractivity contribution < 1.29 is 4.79 Å². The fraction of sp³-hybridized carbons (Fsp3) is 0.111. The maximum absolute atomic E-state index is 11.5. The van der Waals surface area contributed by atoms with E-state index in [1.807, 2.05) is 0 Å². The third-order valence-corrected chi connectivity index (χ3v) is 1.82. The van der Waals surface area contributed by atoms with Crippen LogP contribution in [0.25, 0.3) is 0 Å². The van der Waals surface area contributed by atoms with Crippen LogP contribution in [-0.2, 0) is 6.54 Å². The van der Waals surface area contributed by atoms with Gasteiger partial charge in [0, 0.05) is 18.6 Å². The second kappa shape index (κ2) is 4.32. The van der Waals surface area contributed by atoms with Gasteiger partial charge in [-0.25, -0.2) is 9.97 Å². The molecule has 0 unspecified atom stereocenters. The van der Waals surface area contributed by atoms with Gasteiger partial charge in [0.25, 0.3) is 5.91 Å². The molecule has 6 nitrogen and oxygen atoms in total. The van der Waals surface area contributed by atoms with Gasteiger partial charge in [0.05, 0.1) is 17.8 Å². The van der Waals surface area contributed by atoms with Crippen molar-refractivity contribution in [2.75, 3.05) is 0 Å². The van der Waals surface area contributed by atoms with Crippen LogP contribution in [-0.4, -0.2) is 26.1 Å². The first-order valence-corrected chi connectivity index (χ1v) is 4.38. The van der Waals surface area contributed by atoms with E-state index in [2.05, 4.69) is 25.5 Å². The van der Waals surface area contributed by atoms with Crippen LogP contribution >= 0.6 is 0 Å². The van der Waals surface area contributed by atoms with Crippen molar-refractivity contribution in [1.82, 2.24) is 25.5 Å². The van der Waals surface area contributed by atoms with E-state index in [1.54, 1.807) is 12.3 Å². The summed E-state index contributed by atoms with van der Waals surface area (Å²) in [6.45, 7) is 0.410. The van der Waals surface area contributed by atoms with Gasteiger partial charge in [-0.2, -0.15) is 5.10 Å². The quantitative estimate of drug-likeness (QED) is 0.742. The predicted octanol–water partition coefficient (Wildman–Crippen LogP) is 0.130. The Morgan fingerprint density at radius 3 is 2.87 bits per heavy atom. The number of nitrogens with zero attached hydrogens (tertiary/aromatic N) is 3. The number of carbonyl (C=O) groups excluding carboxylic acids is 1. The van der Waals surface area contributed by atoms with Gasteiger partial charge in [0.2, 0.25) is 0 Å². The highest BCUT2D eigenvalue weighted by atomic mass is 16.1. The Labute approximate surface area is 85.8 Å². The molecule has 0 saturated carbocycles. The highest BCUT2D eigenvalue weighted by molar-refractivity contribution is 5.93. The molecule has 2 N–H and O–H groups in total. The number of aromatic nitrogens is 4. The first-order valence-electron chi connectivity index (χ1n) is 4.38. The number of hydrogen-bond donors (Lipinski definition) is 2. The second-order valence-electron chi connectivity index (χ2n) is 2.89. The Morgan fingerprint density at radius 2 is 2.20 bits per heavy atom. The van der Waals surface area contributed by atoms with Crippen LogP contribution < -0.4 is 5.32 Å². The van der Waals surface area contributed by atoms with Crippen LogP contribution in [0.4, 0.5) is 0 Å². The van der Waals surface area contributed by atoms with Crippen molar-refractivity contribution in [2.45, 2.75) is 6.54 Å². The maximum Gasteiger partial charge on any atom is 0.254 e. The number of nitrogens with one attached hydrogen (secondary N) is 2. The molecular formula is C9H9N5O. The van der Waals surface area contributed by atoms with E-state index in [1.165, 1.54) is 18.7 Å². The average Bonchev–Trinajstić information content (AvgIpc) is 2.80. The molecule has 1 amide bonds. The molecule has 0 fully saturated rings. The fourth-order valence-corrected chi connectivity index (χ4v) is 1.08. The van der Waals surface area contributed by atoms with Crippen LogP contribution in [0.3, 0.4) is 0 Å². The van der Waals surface area contributed by atoms with E-state index in [0.717, 1.165) is 5.69 Å². The summed E-state index contributed by atoms with van der Waals surface area (Å²) in [5, 5.41) is 9.23. The van der Waals surface area contributed by atoms with Crippen LogP contribution in [0.5, 0.6) is 0 Å². The summed E-state index contributed by atoms with van der Waals surface area (Å²) in [5.41, 5.74) is 1.29. The zero-order valence-corrected chi connectivity index (χ0v) is 7.84. The van der Waals surface area contributed by atoms with Crippen molar-refractivity contribution in [3.05, 3.63) is 42.2 Å². The molecule has 76 valence electrons. The summed E-state index contributed by atoms with van der Waals surface area (Å²) in [6.07, 6.45) is 5.95. The average molecular weight is 203 g/mol. The van der Waals surface area contributed by atoms with E-state index in [0.29, 0.717) is 12.1 Å². The molecule has 0 aliphatic rings. The van der Waals surface area contributed by atoms with Crippen molar-refractivity contribution in [1.29, 1.82) is 0 Å². The van der Waals surface area contributed by atoms with E-state index < -0.39 is 0 Å². The maximum atomic E-state index is 11.5. The zero-order chi connectivity index (χ0) is 10.5. The lowest BCUT2D eigenvalue weighted by atomic mass is 10.3. The standard InChI is InChI=1S/C9H9N5O/c15-9(7-3-10-6-11-4-7)12-5-8-1-2-13-14-8/h1-4,6H,5H2,(H,12,15)(H,13,14). The first kappa shape index (κ1) is 9.32. The van der Waals surface area contributed by atoms with Crippen molar-refractivity contribution >= 4 is 5.91 Å². The summed E-state index contributed by atoms with van der Waals surface area (Å²) in [6, 6.07) is 1.79. The molecule has 2 aromatic heterocycles. The monoisotopic (exact) mass is 203 g/mol. The number of rotatable bonds is 3. The van der Waals surface area contributed by atoms with E-state index in [-0.39, 0.29) is 5.91 Å². The smallest absolute Gasteiger partial charge is 0.254 e. The molecule has 2 heterocycles. The highest BCUT2D eigenvalue weighted by Gasteiger charge is 2.04. The number of hydrogen-bond acceptors (Lipinski definition) is 4. The molecular weight excluding hydrogens is 194 g/mol. The summed E-state index contributed by atoms with van der Waals surface area (Å²) in [5.74, 6) is -0.204. The molecule has 0 aromatic carbocycles. The number of carbonyl (C=O) groups is 1. The lowest BCUT2D eigenvalue weighted by Gasteiger charge is -2.01. The predicted molar refractivity (Wildman–Crippen MR) is 51.8 cm³/mol. The Hall–Kier alpha value is -2.24. The molecule has 0 spiro atoms. The minimum absolute atomic E-state index is 0.204. The molecule has 2 rings (SSSR count). The van der Waals surface area contributed by atoms with Crippen LogP contribution in [0.15, 0.2) is 31.0 Å². The van der Waals surface area contributed by atoms with Gasteiger partial charge in [-0.1, -0.05) is 0 Å². The lowest BCUT2D eigenvalue weighted by Crippen LogP contribution is -2.23. The van der Waals surface area contributed by atoms with Gasteiger partial charge >= 0.3 is 0 Å². The van der Waals surface area contributed by atoms with Gasteiger partial charge in [-0.05, 0) is 6.07 Å².